The second-order valence-electron chi connectivity index (χ2n) is 4.82. The number of methoxy groups -OCH3 is 1. The van der Waals surface area contributed by atoms with E-state index in [9.17, 15) is 0 Å². The van der Waals surface area contributed by atoms with E-state index in [1.807, 2.05) is 60.7 Å². The number of hydrogen-bond acceptors (Lipinski definition) is 4. The van der Waals surface area contributed by atoms with E-state index in [1.54, 1.807) is 14.0 Å². The summed E-state index contributed by atoms with van der Waals surface area (Å²) >= 11 is 0. The Morgan fingerprint density at radius 3 is 2.19 bits per heavy atom. The van der Waals surface area contributed by atoms with Crippen molar-refractivity contribution in [2.24, 2.45) is 0 Å². The lowest BCUT2D eigenvalue weighted by Crippen LogP contribution is -2.41. The molecule has 0 saturated carbocycles. The lowest BCUT2D eigenvalue weighted by atomic mass is 10.2. The molecule has 1 atom stereocenters. The van der Waals surface area contributed by atoms with Gasteiger partial charge in [-0.3, -0.25) is 5.32 Å². The molecule has 1 unspecified atom stereocenters. The van der Waals surface area contributed by atoms with Crippen molar-refractivity contribution < 1.29 is 14.2 Å². The highest BCUT2D eigenvalue weighted by Gasteiger charge is 2.38. The molecule has 2 aromatic rings. The third-order valence-electron chi connectivity index (χ3n) is 3.23. The van der Waals surface area contributed by atoms with E-state index in [-0.39, 0.29) is 0 Å². The Bertz CT molecular complexity index is 640. The summed E-state index contributed by atoms with van der Waals surface area (Å²) in [5, 5.41) is 3.13. The maximum atomic E-state index is 5.90. The van der Waals surface area contributed by atoms with Crippen LogP contribution in [0.3, 0.4) is 0 Å². The zero-order valence-electron chi connectivity index (χ0n) is 12.0. The third kappa shape index (κ3) is 2.85. The van der Waals surface area contributed by atoms with Crippen LogP contribution in [0.2, 0.25) is 0 Å². The third-order valence-corrected chi connectivity index (χ3v) is 3.23. The van der Waals surface area contributed by atoms with Crippen LogP contribution in [-0.2, 0) is 9.47 Å². The van der Waals surface area contributed by atoms with Crippen molar-refractivity contribution in [3.05, 3.63) is 72.1 Å². The van der Waals surface area contributed by atoms with Gasteiger partial charge in [-0.25, -0.2) is 0 Å². The number of nitrogens with one attached hydrogen (secondary N) is 1. The molecule has 0 radical (unpaired) electrons. The molecule has 0 spiro atoms. The minimum atomic E-state index is -0.935. The Labute approximate surface area is 124 Å². The molecule has 1 aliphatic heterocycles. The maximum absolute atomic E-state index is 5.90. The second-order valence-corrected chi connectivity index (χ2v) is 4.82. The normalized spacial score (nSPS) is 20.9. The van der Waals surface area contributed by atoms with Gasteiger partial charge in [0.2, 0.25) is 5.88 Å². The van der Waals surface area contributed by atoms with Crippen molar-refractivity contribution >= 4 is 5.76 Å². The molecule has 1 heterocycles. The van der Waals surface area contributed by atoms with E-state index in [4.69, 9.17) is 14.2 Å². The predicted octanol–water partition coefficient (Wildman–Crippen LogP) is 3.33. The van der Waals surface area contributed by atoms with Crippen molar-refractivity contribution in [1.29, 1.82) is 0 Å². The van der Waals surface area contributed by atoms with Crippen LogP contribution in [-0.4, -0.2) is 13.0 Å². The lowest BCUT2D eigenvalue weighted by molar-refractivity contribution is -0.172. The van der Waals surface area contributed by atoms with Crippen LogP contribution in [0.5, 0.6) is 5.75 Å². The van der Waals surface area contributed by atoms with E-state index in [0.717, 1.165) is 11.3 Å². The quantitative estimate of drug-likeness (QED) is 0.934. The summed E-state index contributed by atoms with van der Waals surface area (Å²) in [5.74, 6) is 0.966. The predicted molar refractivity (Wildman–Crippen MR) is 80.1 cm³/mol. The van der Waals surface area contributed by atoms with Crippen LogP contribution in [0.1, 0.15) is 12.5 Å². The summed E-state index contributed by atoms with van der Waals surface area (Å²) in [6.45, 7) is 1.80. The first-order chi connectivity index (χ1) is 10.2. The van der Waals surface area contributed by atoms with E-state index in [2.05, 4.69) is 5.32 Å². The molecular weight excluding hydrogens is 266 g/mol. The first-order valence-electron chi connectivity index (χ1n) is 6.75. The van der Waals surface area contributed by atoms with Gasteiger partial charge in [-0.15, -0.1) is 0 Å². The van der Waals surface area contributed by atoms with Crippen molar-refractivity contribution in [3.63, 3.8) is 0 Å². The van der Waals surface area contributed by atoms with Crippen LogP contribution in [0.15, 0.2) is 66.5 Å². The van der Waals surface area contributed by atoms with Crippen LogP contribution in [0, 0.1) is 0 Å². The van der Waals surface area contributed by atoms with Gasteiger partial charge >= 0.3 is 0 Å². The molecule has 0 aliphatic carbocycles. The Morgan fingerprint density at radius 2 is 1.57 bits per heavy atom. The number of para-hydroxylation sites is 1. The van der Waals surface area contributed by atoms with Gasteiger partial charge in [0.05, 0.1) is 0 Å². The maximum Gasteiger partial charge on any atom is 0.291 e. The Hall–Kier alpha value is -2.46. The minimum Gasteiger partial charge on any atom is -0.438 e. The summed E-state index contributed by atoms with van der Waals surface area (Å²) in [5.41, 5.74) is 0.928. The summed E-state index contributed by atoms with van der Waals surface area (Å²) < 4.78 is 17.2. The van der Waals surface area contributed by atoms with E-state index >= 15 is 0 Å². The van der Waals surface area contributed by atoms with Gasteiger partial charge in [0.1, 0.15) is 5.75 Å². The highest BCUT2D eigenvalue weighted by molar-refractivity contribution is 5.63. The van der Waals surface area contributed by atoms with Crippen molar-refractivity contribution in [2.75, 3.05) is 7.11 Å². The number of hydrogen-bond donors (Lipinski definition) is 1. The first-order valence-corrected chi connectivity index (χ1v) is 6.75. The van der Waals surface area contributed by atoms with E-state index < -0.39 is 5.91 Å². The molecule has 0 saturated heterocycles. The topological polar surface area (TPSA) is 39.7 Å². The Balaban J connectivity index is 1.95. The van der Waals surface area contributed by atoms with Gasteiger partial charge in [0.25, 0.3) is 5.91 Å². The number of rotatable bonds is 4. The van der Waals surface area contributed by atoms with Crippen molar-refractivity contribution in [3.8, 4) is 5.75 Å². The van der Waals surface area contributed by atoms with Gasteiger partial charge in [-0.1, -0.05) is 48.5 Å². The highest BCUT2D eigenvalue weighted by Crippen LogP contribution is 2.32. The fraction of sp³-hybridized carbons (Fsp3) is 0.176. The van der Waals surface area contributed by atoms with Crippen molar-refractivity contribution in [1.82, 2.24) is 5.32 Å². The molecule has 21 heavy (non-hydrogen) atoms. The van der Waals surface area contributed by atoms with Gasteiger partial charge in [0.15, 0.2) is 5.76 Å². The van der Waals surface area contributed by atoms with Crippen LogP contribution >= 0.6 is 0 Å². The minimum absolute atomic E-state index is 0.539. The molecule has 3 rings (SSSR count). The molecule has 0 fully saturated rings. The van der Waals surface area contributed by atoms with Gasteiger partial charge in [-0.2, -0.15) is 0 Å². The zero-order valence-corrected chi connectivity index (χ0v) is 12.0. The number of benzene rings is 2. The smallest absolute Gasteiger partial charge is 0.291 e. The van der Waals surface area contributed by atoms with E-state index in [0.29, 0.717) is 11.6 Å². The summed E-state index contributed by atoms with van der Waals surface area (Å²) in [6, 6.07) is 19.4. The van der Waals surface area contributed by atoms with Gasteiger partial charge in [0, 0.05) is 19.6 Å². The number of ether oxygens (including phenoxy) is 3. The SMILES string of the molecule is COC1(C)NC(Oc2ccccc2)=C(c2ccccc2)O1. The monoisotopic (exact) mass is 283 g/mol. The van der Waals surface area contributed by atoms with Crippen LogP contribution in [0.4, 0.5) is 0 Å². The fourth-order valence-electron chi connectivity index (χ4n) is 2.08. The summed E-state index contributed by atoms with van der Waals surface area (Å²) in [7, 11) is 1.58. The second kappa shape index (κ2) is 5.50. The van der Waals surface area contributed by atoms with Gasteiger partial charge in [-0.05, 0) is 12.1 Å². The lowest BCUT2D eigenvalue weighted by Gasteiger charge is -2.23. The molecule has 0 bridgehead atoms. The molecule has 0 amide bonds. The molecular formula is C17H17NO3. The molecule has 2 aromatic carbocycles. The van der Waals surface area contributed by atoms with Crippen molar-refractivity contribution in [2.45, 2.75) is 12.8 Å². The van der Waals surface area contributed by atoms with Crippen LogP contribution < -0.4 is 10.1 Å². The molecule has 1 aliphatic rings. The van der Waals surface area contributed by atoms with E-state index in [1.165, 1.54) is 0 Å². The summed E-state index contributed by atoms with van der Waals surface area (Å²) in [4.78, 5) is 0. The standard InChI is InChI=1S/C17H17NO3/c1-17(19-2)18-16(20-14-11-7-4-8-12-14)15(21-17)13-9-5-3-6-10-13/h3-12,18H,1-2H3. The van der Waals surface area contributed by atoms with Crippen LogP contribution in [0.25, 0.3) is 5.76 Å². The molecule has 4 nitrogen and oxygen atoms in total. The summed E-state index contributed by atoms with van der Waals surface area (Å²) in [6.07, 6.45) is 0. The molecule has 108 valence electrons. The molecule has 1 N–H and O–H groups in total. The average Bonchev–Trinajstić information content (AvgIpc) is 2.87. The average molecular weight is 283 g/mol. The largest absolute Gasteiger partial charge is 0.438 e. The Kier molecular flexibility index (Phi) is 3.54. The molecule has 4 heteroatoms. The Morgan fingerprint density at radius 1 is 0.952 bits per heavy atom. The highest BCUT2D eigenvalue weighted by atomic mass is 16.7. The first kappa shape index (κ1) is 13.5. The van der Waals surface area contributed by atoms with Gasteiger partial charge < -0.3 is 14.2 Å². The zero-order chi connectivity index (χ0) is 14.7. The molecule has 0 aromatic heterocycles. The fourth-order valence-corrected chi connectivity index (χ4v) is 2.08.